The van der Waals surface area contributed by atoms with Crippen LogP contribution >= 0.6 is 0 Å². The molecular formula is C18H24N4O4. The van der Waals surface area contributed by atoms with Crippen LogP contribution in [0.1, 0.15) is 43.7 Å². The number of nitrogens with zero attached hydrogens (tertiary/aromatic N) is 3. The van der Waals surface area contributed by atoms with Crippen molar-refractivity contribution < 1.29 is 19.4 Å². The average molecular weight is 360 g/mol. The van der Waals surface area contributed by atoms with Crippen molar-refractivity contribution in [3.8, 4) is 5.75 Å². The van der Waals surface area contributed by atoms with Crippen LogP contribution in [0, 0.1) is 0 Å². The Bertz CT molecular complexity index is 762. The van der Waals surface area contributed by atoms with Gasteiger partial charge in [-0.15, -0.1) is 5.10 Å². The molecule has 2 rings (SSSR count). The van der Waals surface area contributed by atoms with Gasteiger partial charge in [-0.3, -0.25) is 4.79 Å². The highest BCUT2D eigenvalue weighted by Gasteiger charge is 2.14. The predicted octanol–water partition coefficient (Wildman–Crippen LogP) is 1.86. The highest BCUT2D eigenvalue weighted by Crippen LogP contribution is 2.24. The van der Waals surface area contributed by atoms with Gasteiger partial charge in [-0.2, -0.15) is 0 Å². The molecule has 26 heavy (non-hydrogen) atoms. The Morgan fingerprint density at radius 2 is 1.92 bits per heavy atom. The second kappa shape index (κ2) is 7.99. The lowest BCUT2D eigenvalue weighted by atomic mass is 9.87. The molecule has 0 bridgehead atoms. The van der Waals surface area contributed by atoms with Gasteiger partial charge in [0.25, 0.3) is 0 Å². The fourth-order valence-corrected chi connectivity index (χ4v) is 2.26. The molecule has 1 heterocycles. The SMILES string of the molecule is CC(COc1ccc(C(C)(C)C)cc1)NC(=O)Cn1cc(C(=O)O)nn1. The van der Waals surface area contributed by atoms with Crippen LogP contribution in [-0.2, 0) is 16.8 Å². The topological polar surface area (TPSA) is 106 Å². The minimum absolute atomic E-state index is 0.0850. The highest BCUT2D eigenvalue weighted by molar-refractivity contribution is 5.84. The summed E-state index contributed by atoms with van der Waals surface area (Å²) in [7, 11) is 0. The van der Waals surface area contributed by atoms with Crippen molar-refractivity contribution in [3.05, 3.63) is 41.7 Å². The lowest BCUT2D eigenvalue weighted by Crippen LogP contribution is -2.38. The molecule has 1 aromatic carbocycles. The van der Waals surface area contributed by atoms with Gasteiger partial charge >= 0.3 is 5.97 Å². The number of carboxylic acid groups (broad SMARTS) is 1. The van der Waals surface area contributed by atoms with E-state index >= 15 is 0 Å². The summed E-state index contributed by atoms with van der Waals surface area (Å²) in [6.07, 6.45) is 1.21. The number of hydrogen-bond donors (Lipinski definition) is 2. The number of amides is 1. The predicted molar refractivity (Wildman–Crippen MR) is 95.2 cm³/mol. The Hall–Kier alpha value is -2.90. The molecule has 1 aromatic heterocycles. The summed E-state index contributed by atoms with van der Waals surface area (Å²) < 4.78 is 6.87. The number of carbonyl (C=O) groups excluding carboxylic acids is 1. The van der Waals surface area contributed by atoms with E-state index in [9.17, 15) is 9.59 Å². The quantitative estimate of drug-likeness (QED) is 0.780. The van der Waals surface area contributed by atoms with Gasteiger partial charge in [-0.25, -0.2) is 9.48 Å². The molecule has 2 N–H and O–H groups in total. The Morgan fingerprint density at radius 1 is 1.27 bits per heavy atom. The molecule has 0 spiro atoms. The van der Waals surface area contributed by atoms with Crippen LogP contribution in [0.15, 0.2) is 30.5 Å². The van der Waals surface area contributed by atoms with E-state index in [-0.39, 0.29) is 29.6 Å². The van der Waals surface area contributed by atoms with Crippen molar-refractivity contribution in [2.75, 3.05) is 6.61 Å². The van der Waals surface area contributed by atoms with Gasteiger partial charge in [0, 0.05) is 0 Å². The second-order valence-electron chi connectivity index (χ2n) is 7.16. The van der Waals surface area contributed by atoms with Gasteiger partial charge in [0.2, 0.25) is 5.91 Å². The molecule has 8 nitrogen and oxygen atoms in total. The normalized spacial score (nSPS) is 12.5. The first-order valence-electron chi connectivity index (χ1n) is 8.31. The molecule has 2 aromatic rings. The zero-order valence-corrected chi connectivity index (χ0v) is 15.4. The summed E-state index contributed by atoms with van der Waals surface area (Å²) in [6, 6.07) is 7.68. The number of aromatic carboxylic acids is 1. The zero-order chi connectivity index (χ0) is 19.3. The molecule has 1 amide bonds. The van der Waals surface area contributed by atoms with Crippen LogP contribution < -0.4 is 10.1 Å². The smallest absolute Gasteiger partial charge is 0.358 e. The van der Waals surface area contributed by atoms with E-state index < -0.39 is 5.97 Å². The highest BCUT2D eigenvalue weighted by atomic mass is 16.5. The van der Waals surface area contributed by atoms with Crippen LogP contribution in [0.2, 0.25) is 0 Å². The van der Waals surface area contributed by atoms with E-state index in [2.05, 4.69) is 36.4 Å². The summed E-state index contributed by atoms with van der Waals surface area (Å²) in [5.74, 6) is -0.747. The van der Waals surface area contributed by atoms with E-state index in [1.165, 1.54) is 16.4 Å². The third kappa shape index (κ3) is 5.58. The second-order valence-corrected chi connectivity index (χ2v) is 7.16. The van der Waals surface area contributed by atoms with E-state index in [4.69, 9.17) is 9.84 Å². The molecule has 0 radical (unpaired) electrons. The summed E-state index contributed by atoms with van der Waals surface area (Å²) in [6.45, 7) is 8.48. The van der Waals surface area contributed by atoms with Crippen LogP contribution in [0.5, 0.6) is 5.75 Å². The minimum atomic E-state index is -1.18. The van der Waals surface area contributed by atoms with E-state index in [1.807, 2.05) is 31.2 Å². The zero-order valence-electron chi connectivity index (χ0n) is 15.4. The molecule has 0 saturated heterocycles. The van der Waals surface area contributed by atoms with Crippen LogP contribution in [0.3, 0.4) is 0 Å². The van der Waals surface area contributed by atoms with Gasteiger partial charge in [-0.05, 0) is 30.0 Å². The fourth-order valence-electron chi connectivity index (χ4n) is 2.26. The fraction of sp³-hybridized carbons (Fsp3) is 0.444. The third-order valence-electron chi connectivity index (χ3n) is 3.69. The number of carbonyl (C=O) groups is 2. The number of rotatable bonds is 7. The molecule has 0 fully saturated rings. The Kier molecular flexibility index (Phi) is 5.97. The van der Waals surface area contributed by atoms with Gasteiger partial charge in [0.1, 0.15) is 18.9 Å². The summed E-state index contributed by atoms with van der Waals surface area (Å²) in [4.78, 5) is 22.7. The molecule has 0 aliphatic rings. The number of hydrogen-bond acceptors (Lipinski definition) is 5. The van der Waals surface area contributed by atoms with Gasteiger partial charge in [0.05, 0.1) is 12.2 Å². The lowest BCUT2D eigenvalue weighted by Gasteiger charge is -2.20. The molecule has 8 heteroatoms. The maximum Gasteiger partial charge on any atom is 0.358 e. The maximum atomic E-state index is 12.0. The minimum Gasteiger partial charge on any atom is -0.491 e. The van der Waals surface area contributed by atoms with Crippen molar-refractivity contribution in [1.82, 2.24) is 20.3 Å². The molecule has 0 aliphatic heterocycles. The summed E-state index contributed by atoms with van der Waals surface area (Å²) in [5, 5.41) is 18.6. The summed E-state index contributed by atoms with van der Waals surface area (Å²) in [5.41, 5.74) is 1.11. The van der Waals surface area contributed by atoms with Gasteiger partial charge in [-0.1, -0.05) is 38.1 Å². The number of nitrogens with one attached hydrogen (secondary N) is 1. The van der Waals surface area contributed by atoms with E-state index in [0.29, 0.717) is 6.61 Å². The molecular weight excluding hydrogens is 336 g/mol. The standard InChI is InChI=1S/C18H24N4O4/c1-12(11-26-14-7-5-13(6-8-14)18(2,3)4)19-16(23)10-22-9-15(17(24)25)20-21-22/h5-9,12H,10-11H2,1-4H3,(H,19,23)(H,24,25). The maximum absolute atomic E-state index is 12.0. The van der Waals surface area contributed by atoms with Gasteiger partial charge < -0.3 is 15.2 Å². The molecule has 1 unspecified atom stereocenters. The Balaban J connectivity index is 1.79. The Labute approximate surface area is 152 Å². The number of aromatic nitrogens is 3. The molecule has 0 aliphatic carbocycles. The van der Waals surface area contributed by atoms with Crippen LogP contribution in [0.4, 0.5) is 0 Å². The third-order valence-corrected chi connectivity index (χ3v) is 3.69. The van der Waals surface area contributed by atoms with Crippen molar-refractivity contribution in [1.29, 1.82) is 0 Å². The number of carboxylic acids is 1. The first-order chi connectivity index (χ1) is 12.1. The monoisotopic (exact) mass is 360 g/mol. The van der Waals surface area contributed by atoms with E-state index in [0.717, 1.165) is 5.75 Å². The first-order valence-corrected chi connectivity index (χ1v) is 8.31. The summed E-state index contributed by atoms with van der Waals surface area (Å²) >= 11 is 0. The van der Waals surface area contributed by atoms with E-state index in [1.54, 1.807) is 0 Å². The van der Waals surface area contributed by atoms with Crippen LogP contribution in [0.25, 0.3) is 0 Å². The molecule has 140 valence electrons. The number of ether oxygens (including phenoxy) is 1. The average Bonchev–Trinajstić information content (AvgIpc) is 3.01. The van der Waals surface area contributed by atoms with Crippen molar-refractivity contribution in [3.63, 3.8) is 0 Å². The molecule has 0 saturated carbocycles. The van der Waals surface area contributed by atoms with Crippen molar-refractivity contribution >= 4 is 11.9 Å². The number of benzene rings is 1. The Morgan fingerprint density at radius 3 is 2.46 bits per heavy atom. The molecule has 1 atom stereocenters. The lowest BCUT2D eigenvalue weighted by molar-refractivity contribution is -0.122. The van der Waals surface area contributed by atoms with Crippen LogP contribution in [-0.4, -0.2) is 44.6 Å². The first kappa shape index (κ1) is 19.4. The van der Waals surface area contributed by atoms with Gasteiger partial charge in [0.15, 0.2) is 5.69 Å². The van der Waals surface area contributed by atoms with Crippen molar-refractivity contribution in [2.24, 2.45) is 0 Å². The largest absolute Gasteiger partial charge is 0.491 e. The van der Waals surface area contributed by atoms with Crippen molar-refractivity contribution in [2.45, 2.75) is 45.7 Å².